The first kappa shape index (κ1) is 24.5. The van der Waals surface area contributed by atoms with Crippen LogP contribution in [0.25, 0.3) is 10.2 Å². The first-order valence-electron chi connectivity index (χ1n) is 12.8. The number of thiazole rings is 1. The van der Waals surface area contributed by atoms with E-state index in [1.165, 1.54) is 15.6 Å². The number of carbonyl (C=O) groups is 2. The second-order valence-electron chi connectivity index (χ2n) is 10.5. The fourth-order valence-corrected chi connectivity index (χ4v) is 7.92. The summed E-state index contributed by atoms with van der Waals surface area (Å²) in [5.41, 5.74) is 3.74. The van der Waals surface area contributed by atoms with Crippen molar-refractivity contribution in [3.05, 3.63) is 47.5 Å². The molecule has 1 saturated heterocycles. The van der Waals surface area contributed by atoms with Crippen LogP contribution in [0.4, 0.5) is 10.8 Å². The molecule has 1 aromatic heterocycles. The summed E-state index contributed by atoms with van der Waals surface area (Å²) in [6.45, 7) is 4.62. The quantitative estimate of drug-likeness (QED) is 0.521. The van der Waals surface area contributed by atoms with Gasteiger partial charge < -0.3 is 10.2 Å². The third kappa shape index (κ3) is 4.55. The van der Waals surface area contributed by atoms with Crippen molar-refractivity contribution in [2.75, 3.05) is 23.3 Å². The predicted octanol–water partition coefficient (Wildman–Crippen LogP) is 4.33. The maximum absolute atomic E-state index is 13.4. The van der Waals surface area contributed by atoms with Gasteiger partial charge >= 0.3 is 0 Å². The van der Waals surface area contributed by atoms with Crippen molar-refractivity contribution in [2.45, 2.75) is 56.9 Å². The number of hydrogen-bond acceptors (Lipinski definition) is 6. The summed E-state index contributed by atoms with van der Waals surface area (Å²) < 4.78 is 29.4. The van der Waals surface area contributed by atoms with Crippen LogP contribution >= 0.6 is 11.3 Å². The molecule has 37 heavy (non-hydrogen) atoms. The van der Waals surface area contributed by atoms with Gasteiger partial charge in [0.1, 0.15) is 0 Å². The Balaban J connectivity index is 1.11. The summed E-state index contributed by atoms with van der Waals surface area (Å²) in [6, 6.07) is 11.2. The maximum atomic E-state index is 13.4. The molecule has 1 saturated carbocycles. The van der Waals surface area contributed by atoms with Crippen LogP contribution in [-0.2, 0) is 26.0 Å². The number of aryl methyl sites for hydroxylation is 1. The standard InChI is InChI=1S/C27H30N4O4S2/c1-16-3-7-22-24(13-16)36-27(28-22)29-25(32)18-9-11-30(12-10-18)37(34,35)21-6-8-23-20(15-21)14-17(2)31(23)26(33)19-4-5-19/h3,6-8,13,15,17-19H,4-5,9-12,14H2,1-2H3,(H,28,29,32)/t17-/m1/s1. The van der Waals surface area contributed by atoms with Crippen LogP contribution in [-0.4, -0.2) is 48.7 Å². The summed E-state index contributed by atoms with van der Waals surface area (Å²) in [5.74, 6) is -0.0971. The van der Waals surface area contributed by atoms with E-state index >= 15 is 0 Å². The second-order valence-corrected chi connectivity index (χ2v) is 13.5. The van der Waals surface area contributed by atoms with Crippen molar-refractivity contribution in [1.29, 1.82) is 0 Å². The molecule has 2 aliphatic heterocycles. The van der Waals surface area contributed by atoms with E-state index in [2.05, 4.69) is 10.3 Å². The number of benzene rings is 2. The third-order valence-electron chi connectivity index (χ3n) is 7.67. The second kappa shape index (κ2) is 9.18. The molecule has 194 valence electrons. The zero-order chi connectivity index (χ0) is 25.9. The number of nitrogens with zero attached hydrogens (tertiary/aromatic N) is 3. The average molecular weight is 539 g/mol. The Kier molecular flexibility index (Phi) is 6.08. The van der Waals surface area contributed by atoms with Crippen molar-refractivity contribution >= 4 is 54.2 Å². The van der Waals surface area contributed by atoms with Crippen molar-refractivity contribution in [3.8, 4) is 0 Å². The van der Waals surface area contributed by atoms with Crippen molar-refractivity contribution in [2.24, 2.45) is 11.8 Å². The van der Waals surface area contributed by atoms with Gasteiger partial charge in [-0.3, -0.25) is 9.59 Å². The highest BCUT2D eigenvalue weighted by Crippen LogP contribution is 2.40. The van der Waals surface area contributed by atoms with Gasteiger partial charge in [-0.25, -0.2) is 13.4 Å². The van der Waals surface area contributed by atoms with Crippen LogP contribution in [0.15, 0.2) is 41.3 Å². The zero-order valence-electron chi connectivity index (χ0n) is 20.9. The summed E-state index contributed by atoms with van der Waals surface area (Å²) in [7, 11) is -3.68. The van der Waals surface area contributed by atoms with E-state index in [4.69, 9.17) is 0 Å². The van der Waals surface area contributed by atoms with Crippen molar-refractivity contribution < 1.29 is 18.0 Å². The van der Waals surface area contributed by atoms with Gasteiger partial charge in [0.15, 0.2) is 5.13 Å². The van der Waals surface area contributed by atoms with Crippen molar-refractivity contribution in [3.63, 3.8) is 0 Å². The molecule has 2 fully saturated rings. The Morgan fingerprint density at radius 1 is 1.03 bits per heavy atom. The van der Waals surface area contributed by atoms with E-state index in [9.17, 15) is 18.0 Å². The van der Waals surface area contributed by atoms with Gasteiger partial charge in [-0.1, -0.05) is 17.4 Å². The molecule has 3 aromatic rings. The highest BCUT2D eigenvalue weighted by molar-refractivity contribution is 7.89. The lowest BCUT2D eigenvalue weighted by Crippen LogP contribution is -2.41. The number of rotatable bonds is 5. The van der Waals surface area contributed by atoms with E-state index in [-0.39, 0.29) is 34.6 Å². The molecule has 8 nitrogen and oxygen atoms in total. The first-order chi connectivity index (χ1) is 17.7. The van der Waals surface area contributed by atoms with Crippen LogP contribution in [0.3, 0.4) is 0 Å². The van der Waals surface area contributed by atoms with E-state index in [1.807, 2.05) is 36.9 Å². The van der Waals surface area contributed by atoms with E-state index in [0.29, 0.717) is 37.5 Å². The average Bonchev–Trinajstić information content (AvgIpc) is 3.57. The van der Waals surface area contributed by atoms with Crippen LogP contribution in [0, 0.1) is 18.8 Å². The number of hydrogen-bond donors (Lipinski definition) is 1. The zero-order valence-corrected chi connectivity index (χ0v) is 22.6. The number of carbonyl (C=O) groups excluding carboxylic acids is 2. The highest BCUT2D eigenvalue weighted by Gasteiger charge is 2.40. The highest BCUT2D eigenvalue weighted by atomic mass is 32.2. The summed E-state index contributed by atoms with van der Waals surface area (Å²) in [6.07, 6.45) is 3.46. The van der Waals surface area contributed by atoms with Crippen LogP contribution in [0.1, 0.15) is 43.7 Å². The van der Waals surface area contributed by atoms with Gasteiger partial charge in [0.05, 0.1) is 15.1 Å². The van der Waals surface area contributed by atoms with Gasteiger partial charge in [0, 0.05) is 36.7 Å². The lowest BCUT2D eigenvalue weighted by atomic mass is 9.97. The molecule has 1 N–H and O–H groups in total. The molecule has 0 bridgehead atoms. The molecule has 1 atom stereocenters. The Hall–Kier alpha value is -2.82. The molecular weight excluding hydrogens is 508 g/mol. The number of sulfonamides is 1. The number of anilines is 2. The molecule has 1 aliphatic carbocycles. The first-order valence-corrected chi connectivity index (χ1v) is 15.1. The Morgan fingerprint density at radius 2 is 1.78 bits per heavy atom. The topological polar surface area (TPSA) is 99.7 Å². The number of piperidine rings is 1. The lowest BCUT2D eigenvalue weighted by molar-refractivity contribution is -0.121. The molecule has 0 radical (unpaired) electrons. The molecular formula is C27H30N4O4S2. The van der Waals surface area contributed by atoms with E-state index < -0.39 is 10.0 Å². The molecule has 2 amide bonds. The minimum absolute atomic E-state index is 0.0368. The van der Waals surface area contributed by atoms with E-state index in [0.717, 1.165) is 39.9 Å². The molecule has 6 rings (SSSR count). The minimum atomic E-state index is -3.68. The van der Waals surface area contributed by atoms with Crippen LogP contribution in [0.5, 0.6) is 0 Å². The normalized spacial score (nSPS) is 20.8. The maximum Gasteiger partial charge on any atom is 0.243 e. The lowest BCUT2D eigenvalue weighted by Gasteiger charge is -2.30. The third-order valence-corrected chi connectivity index (χ3v) is 10.5. The van der Waals surface area contributed by atoms with Gasteiger partial charge in [0.2, 0.25) is 21.8 Å². The van der Waals surface area contributed by atoms with Crippen LogP contribution < -0.4 is 10.2 Å². The smallest absolute Gasteiger partial charge is 0.243 e. The van der Waals surface area contributed by atoms with Gasteiger partial charge in [-0.15, -0.1) is 0 Å². The van der Waals surface area contributed by atoms with Gasteiger partial charge in [-0.2, -0.15) is 4.31 Å². The Morgan fingerprint density at radius 3 is 2.51 bits per heavy atom. The summed E-state index contributed by atoms with van der Waals surface area (Å²) in [4.78, 5) is 32.2. The molecule has 3 heterocycles. The number of amides is 2. The monoisotopic (exact) mass is 538 g/mol. The molecule has 3 aliphatic rings. The number of nitrogens with one attached hydrogen (secondary N) is 1. The van der Waals surface area contributed by atoms with Gasteiger partial charge in [0.25, 0.3) is 0 Å². The largest absolute Gasteiger partial charge is 0.309 e. The van der Waals surface area contributed by atoms with Crippen LogP contribution in [0.2, 0.25) is 0 Å². The molecule has 10 heteroatoms. The number of aromatic nitrogens is 1. The van der Waals surface area contributed by atoms with Gasteiger partial charge in [-0.05, 0) is 87.4 Å². The minimum Gasteiger partial charge on any atom is -0.309 e. The SMILES string of the molecule is Cc1ccc2nc(NC(=O)C3CCN(S(=O)(=O)c4ccc5c(c4)C[C@@H](C)N5C(=O)C4CC4)CC3)sc2c1. The fourth-order valence-electron chi connectivity index (χ4n) is 5.43. The Bertz CT molecular complexity index is 1500. The predicted molar refractivity (Wildman–Crippen MR) is 144 cm³/mol. The molecule has 0 spiro atoms. The van der Waals surface area contributed by atoms with E-state index in [1.54, 1.807) is 18.2 Å². The number of fused-ring (bicyclic) bond motifs is 2. The fraction of sp³-hybridized carbons (Fsp3) is 0.444. The summed E-state index contributed by atoms with van der Waals surface area (Å²) >= 11 is 1.45. The van der Waals surface area contributed by atoms with Crippen molar-refractivity contribution in [1.82, 2.24) is 9.29 Å². The Labute approximate surface area is 220 Å². The summed E-state index contributed by atoms with van der Waals surface area (Å²) in [5, 5.41) is 3.50. The molecule has 2 aromatic carbocycles. The molecule has 0 unspecified atom stereocenters.